The van der Waals surface area contributed by atoms with Gasteiger partial charge >= 0.3 is 0 Å². The second kappa shape index (κ2) is 7.05. The van der Waals surface area contributed by atoms with E-state index in [9.17, 15) is 4.79 Å². The Bertz CT molecular complexity index is 662. The summed E-state index contributed by atoms with van der Waals surface area (Å²) in [5.74, 6) is -0.0942. The minimum absolute atomic E-state index is 0.00960. The molecule has 2 rings (SSSR count). The molecule has 0 saturated heterocycles. The predicted molar refractivity (Wildman–Crippen MR) is 92.7 cm³/mol. The van der Waals surface area contributed by atoms with Crippen LogP contribution in [-0.2, 0) is 4.79 Å². The van der Waals surface area contributed by atoms with Crippen LogP contribution in [0.25, 0.3) is 5.57 Å². The lowest BCUT2D eigenvalue weighted by Gasteiger charge is -2.29. The lowest BCUT2D eigenvalue weighted by molar-refractivity contribution is -0.117. The molecule has 0 aromatic heterocycles. The van der Waals surface area contributed by atoms with Crippen molar-refractivity contribution >= 4 is 17.2 Å². The van der Waals surface area contributed by atoms with E-state index in [4.69, 9.17) is 5.73 Å². The Labute approximate surface area is 132 Å². The summed E-state index contributed by atoms with van der Waals surface area (Å²) in [4.78, 5) is 14.0. The first-order valence-corrected chi connectivity index (χ1v) is 7.42. The van der Waals surface area contributed by atoms with E-state index in [0.29, 0.717) is 0 Å². The Morgan fingerprint density at radius 1 is 1.09 bits per heavy atom. The second-order valence-corrected chi connectivity index (χ2v) is 5.42. The van der Waals surface area contributed by atoms with Crippen LogP contribution < -0.4 is 10.6 Å². The number of carbonyl (C=O) groups excluding carboxylic acids is 1. The number of rotatable bonds is 5. The fraction of sp³-hybridized carbons (Fsp3) is 0.211. The molecule has 3 heteroatoms. The molecule has 0 unspecified atom stereocenters. The van der Waals surface area contributed by atoms with Crippen molar-refractivity contribution in [3.63, 3.8) is 0 Å². The third-order valence-corrected chi connectivity index (χ3v) is 3.57. The zero-order chi connectivity index (χ0) is 16.1. The summed E-state index contributed by atoms with van der Waals surface area (Å²) >= 11 is 0. The van der Waals surface area contributed by atoms with Crippen molar-refractivity contribution in [1.82, 2.24) is 0 Å². The van der Waals surface area contributed by atoms with E-state index in [1.54, 1.807) is 4.90 Å². The zero-order valence-corrected chi connectivity index (χ0v) is 13.1. The summed E-state index contributed by atoms with van der Waals surface area (Å²) in [6, 6.07) is 17.8. The molecule has 0 saturated carbocycles. The molecule has 0 aliphatic rings. The number of carbonyl (C=O) groups is 1. The average Bonchev–Trinajstić information content (AvgIpc) is 2.55. The van der Waals surface area contributed by atoms with Gasteiger partial charge in [0.1, 0.15) is 0 Å². The van der Waals surface area contributed by atoms with Crippen LogP contribution >= 0.6 is 0 Å². The number of nitrogens with zero attached hydrogens (tertiary/aromatic N) is 1. The van der Waals surface area contributed by atoms with Gasteiger partial charge in [-0.3, -0.25) is 4.79 Å². The number of hydrogen-bond donors (Lipinski definition) is 1. The SMILES string of the molecule is C=C(c1ccccc1)c1ccccc1N(C(=O)CN)C(C)C. The molecule has 114 valence electrons. The second-order valence-electron chi connectivity index (χ2n) is 5.42. The van der Waals surface area contributed by atoms with Crippen LogP contribution in [0.2, 0.25) is 0 Å². The first kappa shape index (κ1) is 16.0. The van der Waals surface area contributed by atoms with E-state index in [0.717, 1.165) is 22.4 Å². The van der Waals surface area contributed by atoms with Gasteiger partial charge in [-0.05, 0) is 31.1 Å². The summed E-state index contributed by atoms with van der Waals surface area (Å²) in [7, 11) is 0. The number of benzene rings is 2. The number of hydrogen-bond acceptors (Lipinski definition) is 2. The molecule has 0 heterocycles. The number of anilines is 1. The Kier molecular flexibility index (Phi) is 5.12. The third-order valence-electron chi connectivity index (χ3n) is 3.57. The van der Waals surface area contributed by atoms with E-state index < -0.39 is 0 Å². The van der Waals surface area contributed by atoms with Crippen molar-refractivity contribution in [2.24, 2.45) is 5.73 Å². The Morgan fingerprint density at radius 3 is 2.27 bits per heavy atom. The lowest BCUT2D eigenvalue weighted by atomic mass is 9.97. The smallest absolute Gasteiger partial charge is 0.240 e. The van der Waals surface area contributed by atoms with Crippen molar-refractivity contribution in [2.75, 3.05) is 11.4 Å². The summed E-state index contributed by atoms with van der Waals surface area (Å²) in [5, 5.41) is 0. The van der Waals surface area contributed by atoms with Crippen LogP contribution in [0, 0.1) is 0 Å². The maximum absolute atomic E-state index is 12.2. The largest absolute Gasteiger partial charge is 0.322 e. The Hall–Kier alpha value is -2.39. The van der Waals surface area contributed by atoms with Gasteiger partial charge in [-0.1, -0.05) is 55.1 Å². The molecule has 0 bridgehead atoms. The van der Waals surface area contributed by atoms with Gasteiger partial charge in [-0.25, -0.2) is 0 Å². The number of nitrogens with two attached hydrogens (primary N) is 1. The maximum Gasteiger partial charge on any atom is 0.240 e. The molecule has 0 atom stereocenters. The van der Waals surface area contributed by atoms with Gasteiger partial charge < -0.3 is 10.6 Å². The van der Waals surface area contributed by atoms with Crippen LogP contribution in [0.15, 0.2) is 61.2 Å². The van der Waals surface area contributed by atoms with E-state index in [1.165, 1.54) is 0 Å². The molecule has 0 radical (unpaired) electrons. The molecule has 2 aromatic carbocycles. The van der Waals surface area contributed by atoms with Crippen molar-refractivity contribution in [3.8, 4) is 0 Å². The molecule has 1 amide bonds. The molecular weight excluding hydrogens is 272 g/mol. The summed E-state index contributed by atoms with van der Waals surface area (Å²) in [6.45, 7) is 8.17. The summed E-state index contributed by atoms with van der Waals surface area (Å²) in [6.07, 6.45) is 0. The van der Waals surface area contributed by atoms with Gasteiger partial charge in [0.15, 0.2) is 0 Å². The van der Waals surface area contributed by atoms with E-state index in [2.05, 4.69) is 6.58 Å². The Morgan fingerprint density at radius 2 is 1.68 bits per heavy atom. The highest BCUT2D eigenvalue weighted by Crippen LogP contribution is 2.31. The van der Waals surface area contributed by atoms with E-state index >= 15 is 0 Å². The summed E-state index contributed by atoms with van der Waals surface area (Å²) < 4.78 is 0. The number of para-hydroxylation sites is 1. The first-order valence-electron chi connectivity index (χ1n) is 7.42. The van der Waals surface area contributed by atoms with Gasteiger partial charge in [-0.2, -0.15) is 0 Å². The molecule has 3 nitrogen and oxygen atoms in total. The predicted octanol–water partition coefficient (Wildman–Crippen LogP) is 3.45. The average molecular weight is 294 g/mol. The molecular formula is C19H22N2O. The monoisotopic (exact) mass is 294 g/mol. The molecule has 22 heavy (non-hydrogen) atoms. The van der Waals surface area contributed by atoms with Gasteiger partial charge in [0.25, 0.3) is 0 Å². The van der Waals surface area contributed by atoms with Gasteiger partial charge in [-0.15, -0.1) is 0 Å². The fourth-order valence-electron chi connectivity index (χ4n) is 2.53. The minimum Gasteiger partial charge on any atom is -0.322 e. The van der Waals surface area contributed by atoms with Crippen molar-refractivity contribution < 1.29 is 4.79 Å². The molecule has 0 aliphatic carbocycles. The molecule has 0 fully saturated rings. The van der Waals surface area contributed by atoms with E-state index in [1.807, 2.05) is 68.4 Å². The van der Waals surface area contributed by atoms with E-state index in [-0.39, 0.29) is 18.5 Å². The highest BCUT2D eigenvalue weighted by Gasteiger charge is 2.21. The maximum atomic E-state index is 12.2. The summed E-state index contributed by atoms with van der Waals surface area (Å²) in [5.41, 5.74) is 9.30. The van der Waals surface area contributed by atoms with Crippen molar-refractivity contribution in [2.45, 2.75) is 19.9 Å². The third kappa shape index (κ3) is 3.26. The first-order chi connectivity index (χ1) is 10.6. The minimum atomic E-state index is -0.0942. The topological polar surface area (TPSA) is 46.3 Å². The van der Waals surface area contributed by atoms with Gasteiger partial charge in [0, 0.05) is 11.6 Å². The zero-order valence-electron chi connectivity index (χ0n) is 13.1. The van der Waals surface area contributed by atoms with Crippen molar-refractivity contribution in [1.29, 1.82) is 0 Å². The van der Waals surface area contributed by atoms with Gasteiger partial charge in [0.2, 0.25) is 5.91 Å². The normalized spacial score (nSPS) is 10.5. The molecule has 0 spiro atoms. The van der Waals surface area contributed by atoms with Crippen molar-refractivity contribution in [3.05, 3.63) is 72.3 Å². The van der Waals surface area contributed by atoms with Gasteiger partial charge in [0.05, 0.1) is 12.2 Å². The van der Waals surface area contributed by atoms with Crippen LogP contribution in [0.3, 0.4) is 0 Å². The van der Waals surface area contributed by atoms with Crippen LogP contribution in [0.5, 0.6) is 0 Å². The lowest BCUT2D eigenvalue weighted by Crippen LogP contribution is -2.41. The Balaban J connectivity index is 2.50. The fourth-order valence-corrected chi connectivity index (χ4v) is 2.53. The van der Waals surface area contributed by atoms with Crippen LogP contribution in [0.4, 0.5) is 5.69 Å². The highest BCUT2D eigenvalue weighted by atomic mass is 16.2. The number of amides is 1. The van der Waals surface area contributed by atoms with Crippen LogP contribution in [0.1, 0.15) is 25.0 Å². The standard InChI is InChI=1S/C19H22N2O/c1-14(2)21(19(22)13-20)18-12-8-7-11-17(18)15(3)16-9-5-4-6-10-16/h4-12,14H,3,13,20H2,1-2H3. The quantitative estimate of drug-likeness (QED) is 0.918. The molecule has 2 aromatic rings. The molecule has 0 aliphatic heterocycles. The molecule has 2 N–H and O–H groups in total. The van der Waals surface area contributed by atoms with Crippen LogP contribution in [-0.4, -0.2) is 18.5 Å². The highest BCUT2D eigenvalue weighted by molar-refractivity contribution is 5.99.